The summed E-state index contributed by atoms with van der Waals surface area (Å²) >= 11 is 0. The minimum Gasteiger partial charge on any atom is -0.314 e. The van der Waals surface area contributed by atoms with E-state index in [1.807, 2.05) is 0 Å². The molecule has 1 aromatic rings. The first-order chi connectivity index (χ1) is 11.3. The van der Waals surface area contributed by atoms with Gasteiger partial charge < -0.3 is 5.32 Å². The molecule has 5 fully saturated rings. The van der Waals surface area contributed by atoms with Crippen LogP contribution in [0.15, 0.2) is 30.3 Å². The van der Waals surface area contributed by atoms with E-state index in [9.17, 15) is 0 Å². The Morgan fingerprint density at radius 3 is 1.70 bits per heavy atom. The van der Waals surface area contributed by atoms with E-state index in [2.05, 4.69) is 40.5 Å². The number of nitrogens with one attached hydrogen (secondary N) is 1. The molecule has 4 saturated carbocycles. The number of nitrogens with zero attached hydrogens (tertiary/aromatic N) is 1. The van der Waals surface area contributed by atoms with Gasteiger partial charge in [-0.3, -0.25) is 4.90 Å². The highest BCUT2D eigenvalue weighted by Crippen LogP contribution is 2.53. The van der Waals surface area contributed by atoms with Gasteiger partial charge in [0.15, 0.2) is 0 Å². The lowest BCUT2D eigenvalue weighted by atomic mass is 9.56. The first-order valence-corrected chi connectivity index (χ1v) is 9.82. The molecule has 0 aromatic heterocycles. The van der Waals surface area contributed by atoms with E-state index in [4.69, 9.17) is 0 Å². The van der Waals surface area contributed by atoms with Crippen LogP contribution in [0.25, 0.3) is 0 Å². The zero-order valence-corrected chi connectivity index (χ0v) is 14.4. The summed E-state index contributed by atoms with van der Waals surface area (Å²) in [6, 6.07) is 10.7. The van der Waals surface area contributed by atoms with Crippen LogP contribution >= 0.6 is 0 Å². The van der Waals surface area contributed by atoms with Gasteiger partial charge in [-0.05, 0) is 67.8 Å². The molecule has 1 saturated heterocycles. The molecule has 0 atom stereocenters. The molecule has 2 heteroatoms. The molecule has 126 valence electrons. The zero-order valence-electron chi connectivity index (χ0n) is 14.4. The quantitative estimate of drug-likeness (QED) is 0.890. The third-order valence-corrected chi connectivity index (χ3v) is 6.46. The van der Waals surface area contributed by atoms with Crippen molar-refractivity contribution >= 4 is 0 Å². The largest absolute Gasteiger partial charge is 0.314 e. The fourth-order valence-corrected chi connectivity index (χ4v) is 5.69. The molecule has 6 rings (SSSR count). The topological polar surface area (TPSA) is 15.3 Å². The van der Waals surface area contributed by atoms with Crippen LogP contribution in [0.3, 0.4) is 0 Å². The summed E-state index contributed by atoms with van der Waals surface area (Å²) in [6.45, 7) is 5.71. The van der Waals surface area contributed by atoms with E-state index < -0.39 is 0 Å². The number of rotatable bonds is 2. The summed E-state index contributed by atoms with van der Waals surface area (Å²) < 4.78 is 0. The minimum atomic E-state index is 1.10. The second-order valence-corrected chi connectivity index (χ2v) is 8.39. The maximum absolute atomic E-state index is 3.36. The van der Waals surface area contributed by atoms with Crippen LogP contribution in [0.4, 0.5) is 0 Å². The molecule has 1 heterocycles. The van der Waals surface area contributed by atoms with Crippen molar-refractivity contribution in [3.05, 3.63) is 35.9 Å². The van der Waals surface area contributed by atoms with Crippen molar-refractivity contribution in [1.29, 1.82) is 0 Å². The van der Waals surface area contributed by atoms with Gasteiger partial charge in [-0.1, -0.05) is 30.3 Å². The standard InChI is InChI=1S/C11H16N2.C10H16/c1-2-4-11(5-3-1)10-13-8-6-12-7-9-13;1-7-2-9-4-8(1)5-10(3-7)6-9/h1-5,12H,6-10H2;7-10H,1-6H2. The minimum absolute atomic E-state index is 1.10. The smallest absolute Gasteiger partial charge is 0.0234 e. The highest BCUT2D eigenvalue weighted by Gasteiger charge is 2.41. The highest BCUT2D eigenvalue weighted by molar-refractivity contribution is 5.14. The summed E-state index contributed by atoms with van der Waals surface area (Å²) in [5, 5.41) is 3.36. The fourth-order valence-electron chi connectivity index (χ4n) is 5.69. The summed E-state index contributed by atoms with van der Waals surface area (Å²) in [5.41, 5.74) is 1.42. The first-order valence-electron chi connectivity index (χ1n) is 9.82. The van der Waals surface area contributed by atoms with E-state index in [0.29, 0.717) is 0 Å². The van der Waals surface area contributed by atoms with E-state index >= 15 is 0 Å². The van der Waals surface area contributed by atoms with Crippen LogP contribution in [0.1, 0.15) is 44.1 Å². The molecular formula is C21H32N2. The number of benzene rings is 1. The Morgan fingerprint density at radius 2 is 1.22 bits per heavy atom. The SMILES string of the molecule is C1C2CC3CC1CC(C2)C3.c1ccc(CN2CCNCC2)cc1. The van der Waals surface area contributed by atoms with Gasteiger partial charge in [0.1, 0.15) is 0 Å². The Balaban J connectivity index is 0.000000121. The molecule has 1 aromatic carbocycles. The van der Waals surface area contributed by atoms with Crippen LogP contribution in [-0.2, 0) is 6.54 Å². The number of hydrogen-bond donors (Lipinski definition) is 1. The normalized spacial score (nSPS) is 35.7. The van der Waals surface area contributed by atoms with Crippen LogP contribution < -0.4 is 5.32 Å². The molecule has 0 radical (unpaired) electrons. The average molecular weight is 313 g/mol. The zero-order chi connectivity index (χ0) is 15.5. The first kappa shape index (κ1) is 15.7. The molecule has 0 spiro atoms. The predicted octanol–water partition coefficient (Wildman–Crippen LogP) is 3.92. The van der Waals surface area contributed by atoms with Gasteiger partial charge >= 0.3 is 0 Å². The van der Waals surface area contributed by atoms with Crippen molar-refractivity contribution in [3.63, 3.8) is 0 Å². The average Bonchev–Trinajstić information content (AvgIpc) is 2.56. The van der Waals surface area contributed by atoms with Crippen molar-refractivity contribution in [2.24, 2.45) is 23.7 Å². The highest BCUT2D eigenvalue weighted by atomic mass is 15.2. The monoisotopic (exact) mass is 312 g/mol. The Bertz CT molecular complexity index is 421. The van der Waals surface area contributed by atoms with Gasteiger partial charge in [0.2, 0.25) is 0 Å². The summed E-state index contributed by atoms with van der Waals surface area (Å²) in [4.78, 5) is 2.49. The lowest BCUT2D eigenvalue weighted by Crippen LogP contribution is -2.42. The molecule has 0 unspecified atom stereocenters. The number of piperazine rings is 1. The molecule has 4 bridgehead atoms. The lowest BCUT2D eigenvalue weighted by molar-refractivity contribution is 0.0198. The summed E-state index contributed by atoms with van der Waals surface area (Å²) in [5.74, 6) is 4.71. The van der Waals surface area contributed by atoms with Gasteiger partial charge in [-0.15, -0.1) is 0 Å². The Kier molecular flexibility index (Phi) is 5.01. The van der Waals surface area contributed by atoms with Gasteiger partial charge in [0, 0.05) is 32.7 Å². The predicted molar refractivity (Wildman–Crippen MR) is 96.3 cm³/mol. The second-order valence-electron chi connectivity index (χ2n) is 8.39. The van der Waals surface area contributed by atoms with Crippen molar-refractivity contribution < 1.29 is 0 Å². The molecule has 4 aliphatic carbocycles. The van der Waals surface area contributed by atoms with Crippen LogP contribution in [-0.4, -0.2) is 31.1 Å². The molecule has 1 aliphatic heterocycles. The van der Waals surface area contributed by atoms with E-state index in [1.54, 1.807) is 38.5 Å². The maximum Gasteiger partial charge on any atom is 0.0234 e. The third-order valence-electron chi connectivity index (χ3n) is 6.46. The molecular weight excluding hydrogens is 280 g/mol. The van der Waals surface area contributed by atoms with Gasteiger partial charge in [0.05, 0.1) is 0 Å². The Morgan fingerprint density at radius 1 is 0.739 bits per heavy atom. The third kappa shape index (κ3) is 4.16. The summed E-state index contributed by atoms with van der Waals surface area (Å²) in [7, 11) is 0. The van der Waals surface area contributed by atoms with Gasteiger partial charge in [-0.2, -0.15) is 0 Å². The van der Waals surface area contributed by atoms with Crippen LogP contribution in [0.2, 0.25) is 0 Å². The van der Waals surface area contributed by atoms with Crippen LogP contribution in [0.5, 0.6) is 0 Å². The number of hydrogen-bond acceptors (Lipinski definition) is 2. The van der Waals surface area contributed by atoms with Crippen molar-refractivity contribution in [2.45, 2.75) is 45.1 Å². The Hall–Kier alpha value is -0.860. The second kappa shape index (κ2) is 7.36. The lowest BCUT2D eigenvalue weighted by Gasteiger charge is -2.49. The fraction of sp³-hybridized carbons (Fsp3) is 0.714. The Labute approximate surface area is 141 Å². The van der Waals surface area contributed by atoms with E-state index in [0.717, 1.165) is 19.6 Å². The van der Waals surface area contributed by atoms with E-state index in [1.165, 1.54) is 42.3 Å². The van der Waals surface area contributed by atoms with Gasteiger partial charge in [0.25, 0.3) is 0 Å². The van der Waals surface area contributed by atoms with E-state index in [-0.39, 0.29) is 0 Å². The van der Waals surface area contributed by atoms with Crippen molar-refractivity contribution in [1.82, 2.24) is 10.2 Å². The van der Waals surface area contributed by atoms with Crippen molar-refractivity contribution in [3.8, 4) is 0 Å². The van der Waals surface area contributed by atoms with Crippen molar-refractivity contribution in [2.75, 3.05) is 26.2 Å². The van der Waals surface area contributed by atoms with Gasteiger partial charge in [-0.25, -0.2) is 0 Å². The molecule has 1 N–H and O–H groups in total. The summed E-state index contributed by atoms with van der Waals surface area (Å²) in [6.07, 6.45) is 9.62. The molecule has 23 heavy (non-hydrogen) atoms. The van der Waals surface area contributed by atoms with Crippen LogP contribution in [0, 0.1) is 23.7 Å². The molecule has 0 amide bonds. The maximum atomic E-state index is 3.36. The molecule has 2 nitrogen and oxygen atoms in total. The molecule has 5 aliphatic rings.